The van der Waals surface area contributed by atoms with Gasteiger partial charge in [0.15, 0.2) is 0 Å². The number of nitrogens with zero attached hydrogens (tertiary/aromatic N) is 2. The van der Waals surface area contributed by atoms with Gasteiger partial charge in [0.05, 0.1) is 6.04 Å². The molecule has 2 rings (SSSR count). The van der Waals surface area contributed by atoms with Crippen LogP contribution in [0.4, 0.5) is 0 Å². The van der Waals surface area contributed by atoms with Crippen LogP contribution in [-0.4, -0.2) is 42.3 Å². The lowest BCUT2D eigenvalue weighted by Gasteiger charge is -2.23. The van der Waals surface area contributed by atoms with Crippen LogP contribution in [0.2, 0.25) is 0 Å². The van der Waals surface area contributed by atoms with Gasteiger partial charge in [-0.25, -0.2) is 0 Å². The number of likely N-dealkylation sites (N-methyl/N-ethyl adjacent to an activating group) is 1. The van der Waals surface area contributed by atoms with E-state index < -0.39 is 0 Å². The molecule has 0 spiro atoms. The number of halogens is 1. The van der Waals surface area contributed by atoms with E-state index in [0.29, 0.717) is 5.56 Å². The van der Waals surface area contributed by atoms with Crippen LogP contribution >= 0.6 is 15.9 Å². The van der Waals surface area contributed by atoms with Crippen molar-refractivity contribution in [2.24, 2.45) is 0 Å². The highest BCUT2D eigenvalue weighted by molar-refractivity contribution is 9.10. The molecule has 0 fully saturated rings. The van der Waals surface area contributed by atoms with E-state index in [9.17, 15) is 9.59 Å². The standard InChI is InChI=1S/C13H15BrN2O2/c1-8-10-5-4-9(14)6-11(10)13(18)16(8)7-12(17)15(2)3/h4-6,8H,7H2,1-3H3/t8-/m0/s1. The highest BCUT2D eigenvalue weighted by Crippen LogP contribution is 2.34. The smallest absolute Gasteiger partial charge is 0.255 e. The van der Waals surface area contributed by atoms with Crippen LogP contribution < -0.4 is 0 Å². The number of fused-ring (bicyclic) bond motifs is 1. The zero-order valence-corrected chi connectivity index (χ0v) is 12.2. The topological polar surface area (TPSA) is 40.6 Å². The molecule has 2 amide bonds. The summed E-state index contributed by atoms with van der Waals surface area (Å²) in [6.45, 7) is 2.07. The van der Waals surface area contributed by atoms with E-state index in [0.717, 1.165) is 10.0 Å². The first-order valence-corrected chi connectivity index (χ1v) is 6.51. The molecule has 0 N–H and O–H groups in total. The number of hydrogen-bond donors (Lipinski definition) is 0. The Morgan fingerprint density at radius 2 is 2.11 bits per heavy atom. The van der Waals surface area contributed by atoms with Crippen LogP contribution in [0.1, 0.15) is 28.9 Å². The Hall–Kier alpha value is -1.36. The maximum atomic E-state index is 12.3. The van der Waals surface area contributed by atoms with Gasteiger partial charge in [-0.05, 0) is 24.6 Å². The number of carbonyl (C=O) groups is 2. The quantitative estimate of drug-likeness (QED) is 0.839. The van der Waals surface area contributed by atoms with E-state index in [-0.39, 0.29) is 24.4 Å². The molecule has 0 bridgehead atoms. The third kappa shape index (κ3) is 2.14. The molecule has 1 aliphatic heterocycles. The third-order valence-corrected chi connectivity index (χ3v) is 3.72. The van der Waals surface area contributed by atoms with Gasteiger partial charge in [-0.3, -0.25) is 9.59 Å². The van der Waals surface area contributed by atoms with Crippen LogP contribution in [0.3, 0.4) is 0 Å². The molecule has 1 aromatic rings. The Labute approximate surface area is 115 Å². The normalized spacial score (nSPS) is 17.9. The number of benzene rings is 1. The van der Waals surface area contributed by atoms with Crippen molar-refractivity contribution in [1.29, 1.82) is 0 Å². The second-order valence-corrected chi connectivity index (χ2v) is 5.54. The van der Waals surface area contributed by atoms with Gasteiger partial charge in [0, 0.05) is 24.1 Å². The zero-order chi connectivity index (χ0) is 13.4. The van der Waals surface area contributed by atoms with Crippen LogP contribution in [-0.2, 0) is 4.79 Å². The van der Waals surface area contributed by atoms with Gasteiger partial charge in [0.1, 0.15) is 6.54 Å². The molecule has 1 heterocycles. The summed E-state index contributed by atoms with van der Waals surface area (Å²) in [5.74, 6) is -0.143. The minimum atomic E-state index is -0.0750. The van der Waals surface area contributed by atoms with Gasteiger partial charge in [-0.1, -0.05) is 22.0 Å². The van der Waals surface area contributed by atoms with Gasteiger partial charge in [-0.2, -0.15) is 0 Å². The minimum absolute atomic E-state index is 0.0514. The molecule has 0 unspecified atom stereocenters. The highest BCUT2D eigenvalue weighted by atomic mass is 79.9. The van der Waals surface area contributed by atoms with Crippen LogP contribution in [0.15, 0.2) is 22.7 Å². The molecule has 1 aliphatic rings. The van der Waals surface area contributed by atoms with E-state index in [1.165, 1.54) is 4.90 Å². The predicted octanol–water partition coefficient (Wildman–Crippen LogP) is 2.05. The van der Waals surface area contributed by atoms with E-state index in [1.54, 1.807) is 19.0 Å². The first-order valence-electron chi connectivity index (χ1n) is 5.72. The summed E-state index contributed by atoms with van der Waals surface area (Å²) in [6.07, 6.45) is 0. The molecule has 1 atom stereocenters. The fraction of sp³-hybridized carbons (Fsp3) is 0.385. The Morgan fingerprint density at radius 1 is 1.44 bits per heavy atom. The summed E-state index contributed by atoms with van der Waals surface area (Å²) < 4.78 is 0.877. The van der Waals surface area contributed by atoms with Crippen molar-refractivity contribution in [3.63, 3.8) is 0 Å². The van der Waals surface area contributed by atoms with Crippen molar-refractivity contribution in [2.75, 3.05) is 20.6 Å². The lowest BCUT2D eigenvalue weighted by atomic mass is 10.1. The van der Waals surface area contributed by atoms with Gasteiger partial charge >= 0.3 is 0 Å². The Kier molecular flexibility index (Phi) is 3.43. The summed E-state index contributed by atoms with van der Waals surface area (Å²) in [5, 5.41) is 0. The molecule has 0 aromatic heterocycles. The molecule has 0 saturated carbocycles. The Balaban J connectivity index is 2.28. The van der Waals surface area contributed by atoms with E-state index in [1.807, 2.05) is 25.1 Å². The lowest BCUT2D eigenvalue weighted by Crippen LogP contribution is -2.38. The monoisotopic (exact) mass is 310 g/mol. The third-order valence-electron chi connectivity index (χ3n) is 3.23. The molecular weight excluding hydrogens is 296 g/mol. The van der Waals surface area contributed by atoms with Crippen molar-refractivity contribution in [3.8, 4) is 0 Å². The SMILES string of the molecule is C[C@H]1c2ccc(Br)cc2C(=O)N1CC(=O)N(C)C. The first kappa shape index (κ1) is 13.1. The van der Waals surface area contributed by atoms with Crippen molar-refractivity contribution < 1.29 is 9.59 Å². The molecule has 4 nitrogen and oxygen atoms in total. The summed E-state index contributed by atoms with van der Waals surface area (Å²) >= 11 is 3.36. The molecule has 0 radical (unpaired) electrons. The average molecular weight is 311 g/mol. The van der Waals surface area contributed by atoms with Gasteiger partial charge in [-0.15, -0.1) is 0 Å². The zero-order valence-electron chi connectivity index (χ0n) is 10.6. The molecule has 0 saturated heterocycles. The average Bonchev–Trinajstić information content (AvgIpc) is 2.54. The summed E-state index contributed by atoms with van der Waals surface area (Å²) in [4.78, 5) is 27.1. The number of rotatable bonds is 2. The Morgan fingerprint density at radius 3 is 2.72 bits per heavy atom. The summed E-state index contributed by atoms with van der Waals surface area (Å²) in [5.41, 5.74) is 1.66. The number of hydrogen-bond acceptors (Lipinski definition) is 2. The van der Waals surface area contributed by atoms with Gasteiger partial charge in [0.25, 0.3) is 5.91 Å². The molecule has 18 heavy (non-hydrogen) atoms. The van der Waals surface area contributed by atoms with E-state index in [2.05, 4.69) is 15.9 Å². The number of amides is 2. The fourth-order valence-electron chi connectivity index (χ4n) is 2.07. The fourth-order valence-corrected chi connectivity index (χ4v) is 2.43. The Bertz CT molecular complexity index is 514. The lowest BCUT2D eigenvalue weighted by molar-refractivity contribution is -0.129. The molecule has 5 heteroatoms. The first-order chi connectivity index (χ1) is 8.41. The van der Waals surface area contributed by atoms with Crippen molar-refractivity contribution in [1.82, 2.24) is 9.80 Å². The van der Waals surface area contributed by atoms with Crippen LogP contribution in [0.25, 0.3) is 0 Å². The second-order valence-electron chi connectivity index (χ2n) is 4.63. The van der Waals surface area contributed by atoms with Crippen LogP contribution in [0, 0.1) is 0 Å². The number of carbonyl (C=O) groups excluding carboxylic acids is 2. The molecule has 96 valence electrons. The van der Waals surface area contributed by atoms with Gasteiger partial charge in [0.2, 0.25) is 5.91 Å². The highest BCUT2D eigenvalue weighted by Gasteiger charge is 2.35. The molecule has 1 aromatic carbocycles. The largest absolute Gasteiger partial charge is 0.347 e. The van der Waals surface area contributed by atoms with Crippen molar-refractivity contribution in [3.05, 3.63) is 33.8 Å². The van der Waals surface area contributed by atoms with E-state index in [4.69, 9.17) is 0 Å². The van der Waals surface area contributed by atoms with Crippen molar-refractivity contribution in [2.45, 2.75) is 13.0 Å². The van der Waals surface area contributed by atoms with Crippen molar-refractivity contribution >= 4 is 27.7 Å². The van der Waals surface area contributed by atoms with Gasteiger partial charge < -0.3 is 9.80 Å². The maximum absolute atomic E-state index is 12.3. The summed E-state index contributed by atoms with van der Waals surface area (Å²) in [7, 11) is 3.38. The van der Waals surface area contributed by atoms with Crippen LogP contribution in [0.5, 0.6) is 0 Å². The summed E-state index contributed by atoms with van der Waals surface area (Å²) in [6, 6.07) is 5.61. The molecular formula is C13H15BrN2O2. The van der Waals surface area contributed by atoms with E-state index >= 15 is 0 Å². The molecule has 0 aliphatic carbocycles. The minimum Gasteiger partial charge on any atom is -0.347 e. The predicted molar refractivity (Wildman–Crippen MR) is 72.3 cm³/mol. The second kappa shape index (κ2) is 4.72. The maximum Gasteiger partial charge on any atom is 0.255 e.